The number of carbonyl (C=O) groups is 2. The van der Waals surface area contributed by atoms with E-state index in [9.17, 15) is 14.7 Å². The number of unbranched alkanes of at least 4 members (excludes halogenated alkanes) is 24. The fraction of sp³-hybridized carbons (Fsp3) is 0.889. The fourth-order valence-electron chi connectivity index (χ4n) is 5.35. The highest BCUT2D eigenvalue weighted by molar-refractivity contribution is 5.78. The Balaban J connectivity index is 3.32. The summed E-state index contributed by atoms with van der Waals surface area (Å²) in [6.45, 7) is 4.58. The van der Waals surface area contributed by atoms with E-state index in [-0.39, 0.29) is 6.42 Å². The molecule has 0 aliphatic rings. The monoisotopic (exact) mass is 565 g/mol. The molecule has 0 aromatic carbocycles. The van der Waals surface area contributed by atoms with Gasteiger partial charge in [-0.3, -0.25) is 9.59 Å². The van der Waals surface area contributed by atoms with E-state index in [1.807, 2.05) is 13.0 Å². The molecule has 236 valence electrons. The second-order valence-corrected chi connectivity index (χ2v) is 12.1. The van der Waals surface area contributed by atoms with Crippen molar-refractivity contribution in [1.29, 1.82) is 0 Å². The quantitative estimate of drug-likeness (QED) is 0.0501. The molecule has 0 spiro atoms. The molecule has 0 radical (unpaired) electrons. The molecule has 0 rings (SSSR count). The molecule has 1 N–H and O–H groups in total. The van der Waals surface area contributed by atoms with Crippen LogP contribution in [0.2, 0.25) is 0 Å². The van der Waals surface area contributed by atoms with Crippen LogP contribution in [-0.2, 0) is 14.3 Å². The van der Waals surface area contributed by atoms with Crippen molar-refractivity contribution >= 4 is 11.9 Å². The number of allylic oxidation sites excluding steroid dienone is 2. The summed E-state index contributed by atoms with van der Waals surface area (Å²) >= 11 is 0. The van der Waals surface area contributed by atoms with Crippen LogP contribution in [-0.4, -0.2) is 23.7 Å². The van der Waals surface area contributed by atoms with Gasteiger partial charge in [-0.1, -0.05) is 174 Å². The number of hydrogen-bond acceptors (Lipinski definition) is 3. The first-order valence-electron chi connectivity index (χ1n) is 17.6. The van der Waals surface area contributed by atoms with Gasteiger partial charge in [0.2, 0.25) is 0 Å². The topological polar surface area (TPSA) is 63.6 Å². The molecule has 0 aromatic heterocycles. The molecule has 0 fully saturated rings. The van der Waals surface area contributed by atoms with E-state index in [2.05, 4.69) is 13.0 Å². The van der Waals surface area contributed by atoms with Gasteiger partial charge in [0.05, 0.1) is 18.9 Å². The highest BCUT2D eigenvalue weighted by Gasteiger charge is 2.20. The molecule has 0 saturated carbocycles. The van der Waals surface area contributed by atoms with E-state index in [0.29, 0.717) is 13.0 Å². The summed E-state index contributed by atoms with van der Waals surface area (Å²) in [5.74, 6) is -2.01. The average Bonchev–Trinajstić information content (AvgIpc) is 2.94. The van der Waals surface area contributed by atoms with Crippen molar-refractivity contribution in [3.8, 4) is 0 Å². The van der Waals surface area contributed by atoms with Gasteiger partial charge in [0.15, 0.2) is 0 Å². The van der Waals surface area contributed by atoms with Crippen LogP contribution in [0.3, 0.4) is 0 Å². The molecule has 1 atom stereocenters. The number of carbonyl (C=O) groups excluding carboxylic acids is 1. The smallest absolute Gasteiger partial charge is 0.307 e. The van der Waals surface area contributed by atoms with Crippen LogP contribution >= 0.6 is 0 Å². The van der Waals surface area contributed by atoms with Crippen LogP contribution in [0, 0.1) is 5.92 Å². The van der Waals surface area contributed by atoms with Crippen LogP contribution in [0.1, 0.15) is 194 Å². The standard InChI is InChI=1S/C36H68O4/c1-3-5-6-7-8-9-10-11-12-13-14-15-16-17-18-19-20-21-22-23-24-25-26-27-28-29-30-31-34(36(38)39)33-35(37)40-32-4-2/h29-30,34H,3-28,31-33H2,1-2H3,(H,38,39)/b30-29+. The lowest BCUT2D eigenvalue weighted by Gasteiger charge is -2.09. The summed E-state index contributed by atoms with van der Waals surface area (Å²) in [6, 6.07) is 0. The van der Waals surface area contributed by atoms with Crippen LogP contribution in [0.15, 0.2) is 12.2 Å². The van der Waals surface area contributed by atoms with Gasteiger partial charge in [0.1, 0.15) is 0 Å². The highest BCUT2D eigenvalue weighted by atomic mass is 16.5. The second kappa shape index (κ2) is 32.2. The van der Waals surface area contributed by atoms with Crippen molar-refractivity contribution in [2.75, 3.05) is 6.61 Å². The van der Waals surface area contributed by atoms with E-state index in [1.54, 1.807) is 0 Å². The van der Waals surface area contributed by atoms with E-state index < -0.39 is 17.9 Å². The summed E-state index contributed by atoms with van der Waals surface area (Å²) in [6.07, 6.45) is 39.8. The third-order valence-electron chi connectivity index (χ3n) is 8.04. The Bertz CT molecular complexity index is 571. The van der Waals surface area contributed by atoms with Crippen LogP contribution in [0.25, 0.3) is 0 Å². The van der Waals surface area contributed by atoms with Gasteiger partial charge in [-0.2, -0.15) is 0 Å². The minimum absolute atomic E-state index is 0.0425. The molecule has 0 saturated heterocycles. The van der Waals surface area contributed by atoms with E-state index in [0.717, 1.165) is 19.3 Å². The van der Waals surface area contributed by atoms with E-state index in [4.69, 9.17) is 4.74 Å². The highest BCUT2D eigenvalue weighted by Crippen LogP contribution is 2.16. The maximum atomic E-state index is 11.7. The molecule has 0 aliphatic heterocycles. The molecular formula is C36H68O4. The maximum absolute atomic E-state index is 11.7. The number of rotatable bonds is 32. The number of ether oxygens (including phenoxy) is 1. The van der Waals surface area contributed by atoms with Crippen molar-refractivity contribution in [3.05, 3.63) is 12.2 Å². The molecule has 40 heavy (non-hydrogen) atoms. The maximum Gasteiger partial charge on any atom is 0.307 e. The summed E-state index contributed by atoms with van der Waals surface area (Å²) in [7, 11) is 0. The van der Waals surface area contributed by atoms with Gasteiger partial charge in [0, 0.05) is 0 Å². The normalized spacial score (nSPS) is 12.2. The SMILES string of the molecule is CCCCCCCCCCCCCCCCCCCCCCCCCC/C=C/CC(CC(=O)OCCC)C(=O)O. The van der Waals surface area contributed by atoms with Crippen LogP contribution in [0.4, 0.5) is 0 Å². The Morgan fingerprint density at radius 2 is 0.925 bits per heavy atom. The van der Waals surface area contributed by atoms with Gasteiger partial charge in [-0.25, -0.2) is 0 Å². The fourth-order valence-corrected chi connectivity index (χ4v) is 5.35. The van der Waals surface area contributed by atoms with Gasteiger partial charge in [-0.05, 0) is 25.7 Å². The number of esters is 1. The Morgan fingerprint density at radius 3 is 1.27 bits per heavy atom. The number of hydrogen-bond donors (Lipinski definition) is 1. The Morgan fingerprint density at radius 1 is 0.550 bits per heavy atom. The Hall–Kier alpha value is -1.32. The van der Waals surface area contributed by atoms with Crippen molar-refractivity contribution in [2.45, 2.75) is 194 Å². The molecule has 4 nitrogen and oxygen atoms in total. The second-order valence-electron chi connectivity index (χ2n) is 12.1. The van der Waals surface area contributed by atoms with Gasteiger partial charge in [0.25, 0.3) is 0 Å². The number of aliphatic carboxylic acids is 1. The molecular weight excluding hydrogens is 496 g/mol. The summed E-state index contributed by atoms with van der Waals surface area (Å²) in [5.41, 5.74) is 0. The predicted molar refractivity (Wildman–Crippen MR) is 172 cm³/mol. The average molecular weight is 565 g/mol. The lowest BCUT2D eigenvalue weighted by molar-refractivity contribution is -0.151. The largest absolute Gasteiger partial charge is 0.481 e. The molecule has 0 amide bonds. The zero-order chi connectivity index (χ0) is 29.4. The minimum Gasteiger partial charge on any atom is -0.481 e. The third kappa shape index (κ3) is 29.7. The van der Waals surface area contributed by atoms with Crippen molar-refractivity contribution in [3.63, 3.8) is 0 Å². The van der Waals surface area contributed by atoms with Gasteiger partial charge >= 0.3 is 11.9 Å². The first-order chi connectivity index (χ1) is 19.6. The summed E-state index contributed by atoms with van der Waals surface area (Å²) in [5, 5.41) is 9.30. The molecule has 1 unspecified atom stereocenters. The predicted octanol–water partition coefficient (Wildman–Crippen LogP) is 11.7. The molecule has 0 bridgehead atoms. The first-order valence-corrected chi connectivity index (χ1v) is 17.6. The van der Waals surface area contributed by atoms with Crippen molar-refractivity contribution in [2.24, 2.45) is 5.92 Å². The molecule has 4 heteroatoms. The van der Waals surface area contributed by atoms with E-state index in [1.165, 1.54) is 148 Å². The van der Waals surface area contributed by atoms with Gasteiger partial charge in [-0.15, -0.1) is 0 Å². The van der Waals surface area contributed by atoms with Crippen molar-refractivity contribution < 1.29 is 19.4 Å². The summed E-state index contributed by atoms with van der Waals surface area (Å²) < 4.78 is 5.01. The lowest BCUT2D eigenvalue weighted by Crippen LogP contribution is -2.19. The Labute approximate surface area is 249 Å². The summed E-state index contributed by atoms with van der Waals surface area (Å²) in [4.78, 5) is 23.0. The molecule has 0 aromatic rings. The van der Waals surface area contributed by atoms with Gasteiger partial charge < -0.3 is 9.84 Å². The van der Waals surface area contributed by atoms with E-state index >= 15 is 0 Å². The van der Waals surface area contributed by atoms with Crippen LogP contribution < -0.4 is 0 Å². The molecule has 0 aliphatic carbocycles. The van der Waals surface area contributed by atoms with Crippen molar-refractivity contribution in [1.82, 2.24) is 0 Å². The lowest BCUT2D eigenvalue weighted by atomic mass is 10.0. The minimum atomic E-state index is -0.923. The number of carboxylic acids is 1. The Kier molecular flexibility index (Phi) is 31.1. The zero-order valence-electron chi connectivity index (χ0n) is 26.9. The van der Waals surface area contributed by atoms with Crippen LogP contribution in [0.5, 0.6) is 0 Å². The first kappa shape index (κ1) is 38.7. The zero-order valence-corrected chi connectivity index (χ0v) is 26.9. The molecule has 0 heterocycles. The third-order valence-corrected chi connectivity index (χ3v) is 8.04. The number of carboxylic acid groups (broad SMARTS) is 1.